The molecule has 0 saturated heterocycles. The number of ether oxygens (including phenoxy) is 2. The average Bonchev–Trinajstić information content (AvgIpc) is 2.76. The minimum absolute atomic E-state index is 0.0451. The number of nitrogens with one attached hydrogen (secondary N) is 3. The topological polar surface area (TPSA) is 106 Å². The number of carbonyl (C=O) groups is 3. The van der Waals surface area contributed by atoms with Gasteiger partial charge in [-0.1, -0.05) is 29.8 Å². The van der Waals surface area contributed by atoms with Crippen molar-refractivity contribution in [1.82, 2.24) is 16.2 Å². The Labute approximate surface area is 190 Å². The highest BCUT2D eigenvalue weighted by molar-refractivity contribution is 7.80. The molecule has 0 spiro atoms. The Morgan fingerprint density at radius 2 is 1.71 bits per heavy atom. The molecule has 2 aromatic rings. The van der Waals surface area contributed by atoms with Gasteiger partial charge in [0.15, 0.2) is 11.7 Å². The highest BCUT2D eigenvalue weighted by Crippen LogP contribution is 2.16. The molecular formula is C21H22ClN3O5S. The maximum atomic E-state index is 12.0. The van der Waals surface area contributed by atoms with Crippen LogP contribution in [-0.2, 0) is 20.7 Å². The molecule has 0 heterocycles. The summed E-state index contributed by atoms with van der Waals surface area (Å²) >= 11 is 11.0. The molecule has 2 rings (SSSR count). The van der Waals surface area contributed by atoms with Crippen molar-refractivity contribution in [3.8, 4) is 5.75 Å². The van der Waals surface area contributed by atoms with Crippen LogP contribution >= 0.6 is 23.8 Å². The molecule has 2 aromatic carbocycles. The van der Waals surface area contributed by atoms with E-state index >= 15 is 0 Å². The van der Waals surface area contributed by atoms with Crippen LogP contribution in [-0.4, -0.2) is 36.1 Å². The van der Waals surface area contributed by atoms with Crippen LogP contribution < -0.4 is 20.9 Å². The molecule has 10 heteroatoms. The number of esters is 1. The average molecular weight is 464 g/mol. The Balaban J connectivity index is 1.66. The van der Waals surface area contributed by atoms with Gasteiger partial charge in [-0.25, -0.2) is 4.79 Å². The summed E-state index contributed by atoms with van der Waals surface area (Å²) in [6.45, 7) is 1.71. The van der Waals surface area contributed by atoms with E-state index in [1.165, 1.54) is 12.1 Å². The number of amides is 2. The van der Waals surface area contributed by atoms with E-state index in [0.717, 1.165) is 5.56 Å². The fourth-order valence-electron chi connectivity index (χ4n) is 2.38. The lowest BCUT2D eigenvalue weighted by molar-refractivity contribution is -0.124. The van der Waals surface area contributed by atoms with Gasteiger partial charge in [-0.05, 0) is 61.5 Å². The quantitative estimate of drug-likeness (QED) is 0.314. The molecule has 31 heavy (non-hydrogen) atoms. The molecule has 2 amide bonds. The molecule has 3 N–H and O–H groups in total. The lowest BCUT2D eigenvalue weighted by atomic mass is 10.1. The number of hydrazine groups is 1. The Hall–Kier alpha value is -3.17. The molecule has 8 nitrogen and oxygen atoms in total. The standard InChI is InChI=1S/C21H22ClN3O5S/c1-2-29-20(28)15-7-10-16(11-8-15)30-13-19(27)24-25-21(31)23-18(26)12-9-14-5-3-4-6-17(14)22/h3-8,10-11H,2,9,12-13H2,1H3,(H,24,27)(H2,23,25,26,31). The van der Waals surface area contributed by atoms with E-state index in [9.17, 15) is 14.4 Å². The van der Waals surface area contributed by atoms with Gasteiger partial charge in [0.25, 0.3) is 5.91 Å². The summed E-state index contributed by atoms with van der Waals surface area (Å²) < 4.78 is 10.2. The summed E-state index contributed by atoms with van der Waals surface area (Å²) in [7, 11) is 0. The summed E-state index contributed by atoms with van der Waals surface area (Å²) in [5.41, 5.74) is 6.00. The minimum Gasteiger partial charge on any atom is -0.484 e. The molecule has 0 fully saturated rings. The van der Waals surface area contributed by atoms with Crippen molar-refractivity contribution in [2.75, 3.05) is 13.2 Å². The Morgan fingerprint density at radius 1 is 1.00 bits per heavy atom. The smallest absolute Gasteiger partial charge is 0.338 e. The van der Waals surface area contributed by atoms with E-state index in [2.05, 4.69) is 16.2 Å². The van der Waals surface area contributed by atoms with E-state index < -0.39 is 11.9 Å². The molecule has 0 atom stereocenters. The van der Waals surface area contributed by atoms with Crippen molar-refractivity contribution in [1.29, 1.82) is 0 Å². The molecule has 0 aliphatic carbocycles. The first-order valence-electron chi connectivity index (χ1n) is 9.41. The van der Waals surface area contributed by atoms with Crippen LogP contribution in [0, 0.1) is 0 Å². The van der Waals surface area contributed by atoms with E-state index in [4.69, 9.17) is 33.3 Å². The van der Waals surface area contributed by atoms with E-state index in [1.807, 2.05) is 18.2 Å². The third-order valence-corrected chi connectivity index (χ3v) is 4.46. The van der Waals surface area contributed by atoms with Gasteiger partial charge in [-0.2, -0.15) is 0 Å². The fourth-order valence-corrected chi connectivity index (χ4v) is 2.78. The summed E-state index contributed by atoms with van der Waals surface area (Å²) in [6, 6.07) is 13.4. The maximum Gasteiger partial charge on any atom is 0.338 e. The predicted molar refractivity (Wildman–Crippen MR) is 120 cm³/mol. The van der Waals surface area contributed by atoms with E-state index in [-0.39, 0.29) is 30.7 Å². The molecule has 0 unspecified atom stereocenters. The monoisotopic (exact) mass is 463 g/mol. The molecule has 0 bridgehead atoms. The third kappa shape index (κ3) is 8.61. The number of hydrogen-bond donors (Lipinski definition) is 3. The maximum absolute atomic E-state index is 12.0. The first-order valence-corrected chi connectivity index (χ1v) is 10.2. The van der Waals surface area contributed by atoms with Crippen LogP contribution in [0.25, 0.3) is 0 Å². The van der Waals surface area contributed by atoms with Gasteiger partial charge in [-0.15, -0.1) is 0 Å². The molecule has 0 radical (unpaired) electrons. The summed E-state index contributed by atoms with van der Waals surface area (Å²) in [6.07, 6.45) is 0.647. The van der Waals surface area contributed by atoms with Gasteiger partial charge >= 0.3 is 5.97 Å². The third-order valence-electron chi connectivity index (χ3n) is 3.88. The first kappa shape index (κ1) is 24.1. The summed E-state index contributed by atoms with van der Waals surface area (Å²) in [5, 5.41) is 3.02. The zero-order chi connectivity index (χ0) is 22.6. The number of hydrogen-bond acceptors (Lipinski definition) is 6. The van der Waals surface area contributed by atoms with E-state index in [0.29, 0.717) is 22.8 Å². The fraction of sp³-hybridized carbons (Fsp3) is 0.238. The zero-order valence-electron chi connectivity index (χ0n) is 16.8. The Bertz CT molecular complexity index is 937. The molecule has 0 aliphatic rings. The second-order valence-electron chi connectivity index (χ2n) is 6.18. The highest BCUT2D eigenvalue weighted by atomic mass is 35.5. The van der Waals surface area contributed by atoms with Crippen molar-refractivity contribution < 1.29 is 23.9 Å². The molecule has 0 saturated carbocycles. The summed E-state index contributed by atoms with van der Waals surface area (Å²) in [4.78, 5) is 35.4. The van der Waals surface area contributed by atoms with Crippen molar-refractivity contribution in [3.63, 3.8) is 0 Å². The number of thiocarbonyl (C=S) groups is 1. The SMILES string of the molecule is CCOC(=O)c1ccc(OCC(=O)NNC(=S)NC(=O)CCc2ccccc2Cl)cc1. The molecule has 164 valence electrons. The van der Waals surface area contributed by atoms with Crippen molar-refractivity contribution in [2.45, 2.75) is 19.8 Å². The minimum atomic E-state index is -0.512. The molecule has 0 aromatic heterocycles. The number of benzene rings is 2. The zero-order valence-corrected chi connectivity index (χ0v) is 18.3. The lowest BCUT2D eigenvalue weighted by Crippen LogP contribution is -2.49. The second-order valence-corrected chi connectivity index (χ2v) is 6.99. The first-order chi connectivity index (χ1) is 14.9. The van der Waals surface area contributed by atoms with Crippen LogP contribution in [0.15, 0.2) is 48.5 Å². The van der Waals surface area contributed by atoms with Crippen LogP contribution in [0.4, 0.5) is 0 Å². The second kappa shape index (κ2) is 12.5. The van der Waals surface area contributed by atoms with Gasteiger partial charge in [0.1, 0.15) is 5.75 Å². The molecule has 0 aliphatic heterocycles. The Morgan fingerprint density at radius 3 is 2.39 bits per heavy atom. The van der Waals surface area contributed by atoms with Gasteiger partial charge in [0, 0.05) is 11.4 Å². The lowest BCUT2D eigenvalue weighted by Gasteiger charge is -2.12. The van der Waals surface area contributed by atoms with Gasteiger partial charge < -0.3 is 14.8 Å². The van der Waals surface area contributed by atoms with E-state index in [1.54, 1.807) is 25.1 Å². The predicted octanol–water partition coefficient (Wildman–Crippen LogP) is 2.55. The van der Waals surface area contributed by atoms with Crippen LogP contribution in [0.3, 0.4) is 0 Å². The number of aryl methyl sites for hydroxylation is 1. The summed E-state index contributed by atoms with van der Waals surface area (Å²) in [5.74, 6) is -0.858. The normalized spacial score (nSPS) is 10.0. The van der Waals surface area contributed by atoms with Gasteiger partial charge in [0.05, 0.1) is 12.2 Å². The highest BCUT2D eigenvalue weighted by Gasteiger charge is 2.09. The Kier molecular flexibility index (Phi) is 9.73. The number of halogens is 1. The van der Waals surface area contributed by atoms with Crippen LogP contribution in [0.2, 0.25) is 5.02 Å². The largest absolute Gasteiger partial charge is 0.484 e. The molecular weight excluding hydrogens is 442 g/mol. The van der Waals surface area contributed by atoms with Crippen LogP contribution in [0.1, 0.15) is 29.3 Å². The van der Waals surface area contributed by atoms with Crippen molar-refractivity contribution in [2.24, 2.45) is 0 Å². The number of carbonyl (C=O) groups excluding carboxylic acids is 3. The number of rotatable bonds is 8. The van der Waals surface area contributed by atoms with Crippen LogP contribution in [0.5, 0.6) is 5.75 Å². The van der Waals surface area contributed by atoms with Gasteiger partial charge in [-0.3, -0.25) is 20.4 Å². The van der Waals surface area contributed by atoms with Gasteiger partial charge in [0.2, 0.25) is 5.91 Å². The van der Waals surface area contributed by atoms with Crippen molar-refractivity contribution in [3.05, 3.63) is 64.7 Å². The van der Waals surface area contributed by atoms with Crippen molar-refractivity contribution >= 4 is 46.7 Å².